The summed E-state index contributed by atoms with van der Waals surface area (Å²) in [6.07, 6.45) is 2.10. The highest BCUT2D eigenvalue weighted by Gasteiger charge is 2.22. The van der Waals surface area contributed by atoms with Crippen molar-refractivity contribution < 1.29 is 18.3 Å². The van der Waals surface area contributed by atoms with Crippen LogP contribution in [0.5, 0.6) is 0 Å². The topological polar surface area (TPSA) is 83.5 Å². The van der Waals surface area contributed by atoms with Crippen LogP contribution in [0.25, 0.3) is 0 Å². The maximum Gasteiger partial charge on any atom is 0.335 e. The van der Waals surface area contributed by atoms with Gasteiger partial charge in [0, 0.05) is 10.5 Å². The van der Waals surface area contributed by atoms with Crippen LogP contribution in [0.1, 0.15) is 29.3 Å². The number of aromatic carboxylic acids is 1. The molecule has 0 saturated heterocycles. The average Bonchev–Trinajstić information content (AvgIpc) is 2.31. The molecule has 7 heteroatoms. The summed E-state index contributed by atoms with van der Waals surface area (Å²) in [7, 11) is -3.78. The number of hydrogen-bond acceptors (Lipinski definition) is 3. The molecule has 1 rings (SSSR count). The number of sulfonamides is 1. The van der Waals surface area contributed by atoms with Crippen molar-refractivity contribution in [1.29, 1.82) is 0 Å². The van der Waals surface area contributed by atoms with Gasteiger partial charge in [0.05, 0.1) is 10.5 Å². The van der Waals surface area contributed by atoms with E-state index in [-0.39, 0.29) is 16.5 Å². The summed E-state index contributed by atoms with van der Waals surface area (Å²) in [5, 5.41) is 9.01. The lowest BCUT2D eigenvalue weighted by atomic mass is 10.1. The molecule has 1 atom stereocenters. The molecule has 0 spiro atoms. The van der Waals surface area contributed by atoms with E-state index in [1.54, 1.807) is 19.9 Å². The predicted octanol–water partition coefficient (Wildman–Crippen LogP) is 2.70. The molecule has 0 bridgehead atoms. The molecule has 0 heterocycles. The number of carboxylic acids is 1. The second-order valence-electron chi connectivity index (χ2n) is 4.43. The van der Waals surface area contributed by atoms with Gasteiger partial charge in [-0.3, -0.25) is 0 Å². The summed E-state index contributed by atoms with van der Waals surface area (Å²) >= 11 is 3.18. The molecular formula is C13H16BrNO4S. The Hall–Kier alpha value is -1.18. The number of benzene rings is 1. The van der Waals surface area contributed by atoms with Gasteiger partial charge in [-0.1, -0.05) is 22.0 Å². The molecule has 0 aliphatic carbocycles. The van der Waals surface area contributed by atoms with Crippen LogP contribution in [-0.4, -0.2) is 25.5 Å². The van der Waals surface area contributed by atoms with Crippen LogP contribution in [0, 0.1) is 6.92 Å². The lowest BCUT2D eigenvalue weighted by Crippen LogP contribution is -2.32. The minimum absolute atomic E-state index is 0.0415. The minimum Gasteiger partial charge on any atom is -0.478 e. The Morgan fingerprint density at radius 1 is 1.55 bits per heavy atom. The lowest BCUT2D eigenvalue weighted by Gasteiger charge is -2.15. The summed E-state index contributed by atoms with van der Waals surface area (Å²) < 4.78 is 27.5. The van der Waals surface area contributed by atoms with Gasteiger partial charge < -0.3 is 5.11 Å². The number of halogens is 1. The summed E-state index contributed by atoms with van der Waals surface area (Å²) in [4.78, 5) is 11.0. The smallest absolute Gasteiger partial charge is 0.335 e. The Bertz CT molecular complexity index is 640. The average molecular weight is 362 g/mol. The van der Waals surface area contributed by atoms with Crippen LogP contribution in [0.15, 0.2) is 34.2 Å². The first kappa shape index (κ1) is 16.9. The van der Waals surface area contributed by atoms with Crippen LogP contribution < -0.4 is 4.72 Å². The van der Waals surface area contributed by atoms with Crippen molar-refractivity contribution in [3.8, 4) is 0 Å². The Labute approximate surface area is 126 Å². The first-order chi connectivity index (χ1) is 9.19. The summed E-state index contributed by atoms with van der Waals surface area (Å²) in [6, 6.07) is 2.22. The Balaban J connectivity index is 3.30. The van der Waals surface area contributed by atoms with E-state index in [0.29, 0.717) is 16.5 Å². The normalized spacial score (nSPS) is 12.9. The number of hydrogen-bond donors (Lipinski definition) is 2. The van der Waals surface area contributed by atoms with E-state index < -0.39 is 16.0 Å². The third-order valence-corrected chi connectivity index (χ3v) is 5.25. The van der Waals surface area contributed by atoms with E-state index in [2.05, 4.69) is 27.2 Å². The van der Waals surface area contributed by atoms with Gasteiger partial charge in [-0.05, 0) is 38.0 Å². The Morgan fingerprint density at radius 3 is 2.65 bits per heavy atom. The molecule has 1 aromatic carbocycles. The fourth-order valence-electron chi connectivity index (χ4n) is 1.68. The van der Waals surface area contributed by atoms with Gasteiger partial charge >= 0.3 is 5.97 Å². The molecular weight excluding hydrogens is 346 g/mol. The van der Waals surface area contributed by atoms with E-state index in [4.69, 9.17) is 5.11 Å². The monoisotopic (exact) mass is 361 g/mol. The first-order valence-corrected chi connectivity index (χ1v) is 8.13. The maximum atomic E-state index is 12.3. The summed E-state index contributed by atoms with van der Waals surface area (Å²) in [5.74, 6) is -1.18. The van der Waals surface area contributed by atoms with Crippen molar-refractivity contribution in [2.75, 3.05) is 0 Å². The largest absolute Gasteiger partial charge is 0.478 e. The second kappa shape index (κ2) is 6.51. The quantitative estimate of drug-likeness (QED) is 0.763. The fraction of sp³-hybridized carbons (Fsp3) is 0.308. The molecule has 110 valence electrons. The van der Waals surface area contributed by atoms with Crippen LogP contribution in [0.3, 0.4) is 0 Å². The summed E-state index contributed by atoms with van der Waals surface area (Å²) in [5.41, 5.74) is 0.382. The van der Waals surface area contributed by atoms with Gasteiger partial charge in [0.15, 0.2) is 0 Å². The van der Waals surface area contributed by atoms with E-state index in [9.17, 15) is 13.2 Å². The second-order valence-corrected chi connectivity index (χ2v) is 6.97. The zero-order chi connectivity index (χ0) is 15.5. The summed E-state index contributed by atoms with van der Waals surface area (Å²) in [6.45, 7) is 6.88. The van der Waals surface area contributed by atoms with Crippen molar-refractivity contribution in [3.63, 3.8) is 0 Å². The third kappa shape index (κ3) is 3.91. The van der Waals surface area contributed by atoms with Gasteiger partial charge in [-0.15, -0.1) is 6.58 Å². The lowest BCUT2D eigenvalue weighted by molar-refractivity contribution is 0.0696. The van der Waals surface area contributed by atoms with Crippen molar-refractivity contribution in [3.05, 3.63) is 40.4 Å². The first-order valence-electron chi connectivity index (χ1n) is 5.85. The van der Waals surface area contributed by atoms with E-state index in [0.717, 1.165) is 6.07 Å². The molecule has 5 nitrogen and oxygen atoms in total. The Kier molecular flexibility index (Phi) is 5.50. The van der Waals surface area contributed by atoms with Gasteiger partial charge in [-0.25, -0.2) is 17.9 Å². The zero-order valence-electron chi connectivity index (χ0n) is 11.2. The molecule has 0 fully saturated rings. The number of nitrogens with one attached hydrogen (secondary N) is 1. The highest BCUT2D eigenvalue weighted by Crippen LogP contribution is 2.26. The molecule has 0 amide bonds. The van der Waals surface area contributed by atoms with E-state index in [1.165, 1.54) is 6.07 Å². The number of carbonyl (C=O) groups is 1. The molecule has 0 radical (unpaired) electrons. The molecule has 2 N–H and O–H groups in total. The number of carboxylic acid groups (broad SMARTS) is 1. The standard InChI is InChI=1S/C13H16BrNO4S/c1-4-5-8(2)15-20(18,19)12-7-10(13(16)17)6-11(14)9(12)3/h4,6-8,15H,1,5H2,2-3H3,(H,16,17). The molecule has 0 saturated carbocycles. The maximum absolute atomic E-state index is 12.3. The molecule has 1 unspecified atom stereocenters. The number of rotatable bonds is 6. The van der Waals surface area contributed by atoms with Crippen LogP contribution in [0.2, 0.25) is 0 Å². The fourth-order valence-corrected chi connectivity index (χ4v) is 3.82. The van der Waals surface area contributed by atoms with Gasteiger partial charge in [0.2, 0.25) is 10.0 Å². The highest BCUT2D eigenvalue weighted by atomic mass is 79.9. The molecule has 0 aromatic heterocycles. The molecule has 20 heavy (non-hydrogen) atoms. The van der Waals surface area contributed by atoms with Crippen molar-refractivity contribution >= 4 is 31.9 Å². The zero-order valence-corrected chi connectivity index (χ0v) is 13.6. The third-order valence-electron chi connectivity index (χ3n) is 2.71. The van der Waals surface area contributed by atoms with Crippen LogP contribution >= 0.6 is 15.9 Å². The van der Waals surface area contributed by atoms with E-state index >= 15 is 0 Å². The Morgan fingerprint density at radius 2 is 2.15 bits per heavy atom. The van der Waals surface area contributed by atoms with Crippen molar-refractivity contribution in [2.45, 2.75) is 31.2 Å². The van der Waals surface area contributed by atoms with Gasteiger partial charge in [0.25, 0.3) is 0 Å². The van der Waals surface area contributed by atoms with E-state index in [1.807, 2.05) is 0 Å². The van der Waals surface area contributed by atoms with Crippen molar-refractivity contribution in [1.82, 2.24) is 4.72 Å². The molecule has 0 aliphatic heterocycles. The predicted molar refractivity (Wildman–Crippen MR) is 80.4 cm³/mol. The van der Waals surface area contributed by atoms with Crippen LogP contribution in [0.4, 0.5) is 0 Å². The van der Waals surface area contributed by atoms with Gasteiger partial charge in [-0.2, -0.15) is 0 Å². The van der Waals surface area contributed by atoms with Gasteiger partial charge in [0.1, 0.15) is 0 Å². The minimum atomic E-state index is -3.78. The SMILES string of the molecule is C=CCC(C)NS(=O)(=O)c1cc(C(=O)O)cc(Br)c1C. The van der Waals surface area contributed by atoms with Crippen molar-refractivity contribution in [2.24, 2.45) is 0 Å². The van der Waals surface area contributed by atoms with Crippen LogP contribution in [-0.2, 0) is 10.0 Å². The highest BCUT2D eigenvalue weighted by molar-refractivity contribution is 9.10. The molecule has 0 aliphatic rings. The molecule has 1 aromatic rings.